The smallest absolute Gasteiger partial charge is 0.274 e. The number of benzene rings is 1. The molecule has 0 aliphatic rings. The van der Waals surface area contributed by atoms with Crippen molar-refractivity contribution in [2.24, 2.45) is 5.73 Å². The lowest BCUT2D eigenvalue weighted by atomic mass is 10.0. The lowest BCUT2D eigenvalue weighted by Gasteiger charge is -2.18. The highest BCUT2D eigenvalue weighted by atomic mass is 16.6. The fraction of sp³-hybridized carbons (Fsp3) is 0.333. The average molecular weight is 280 g/mol. The molecule has 108 valence electrons. The van der Waals surface area contributed by atoms with E-state index in [0.717, 1.165) is 0 Å². The first-order valence-electron chi connectivity index (χ1n) is 5.93. The SMILES string of the molecule is CNC(=O)CC(NC(=O)CN)c1ccccc1[N+](=O)[O-]. The molecule has 1 unspecified atom stereocenters. The summed E-state index contributed by atoms with van der Waals surface area (Å²) in [5, 5.41) is 15.9. The van der Waals surface area contributed by atoms with Gasteiger partial charge in [-0.3, -0.25) is 19.7 Å². The van der Waals surface area contributed by atoms with Crippen molar-refractivity contribution in [2.45, 2.75) is 12.5 Å². The normalized spacial score (nSPS) is 11.5. The van der Waals surface area contributed by atoms with Crippen LogP contribution in [0.1, 0.15) is 18.0 Å². The highest BCUT2D eigenvalue weighted by Crippen LogP contribution is 2.26. The maximum Gasteiger partial charge on any atom is 0.274 e. The Kier molecular flexibility index (Phi) is 5.60. The van der Waals surface area contributed by atoms with Gasteiger partial charge in [0, 0.05) is 13.1 Å². The van der Waals surface area contributed by atoms with Crippen LogP contribution in [0.5, 0.6) is 0 Å². The highest BCUT2D eigenvalue weighted by Gasteiger charge is 2.24. The van der Waals surface area contributed by atoms with E-state index in [1.807, 2.05) is 0 Å². The largest absolute Gasteiger partial charge is 0.359 e. The number of hydrogen-bond donors (Lipinski definition) is 3. The number of carbonyl (C=O) groups excluding carboxylic acids is 2. The maximum absolute atomic E-state index is 11.5. The summed E-state index contributed by atoms with van der Waals surface area (Å²) in [6, 6.07) is 5.15. The molecule has 1 atom stereocenters. The molecule has 0 bridgehead atoms. The first kappa shape index (κ1) is 15.6. The van der Waals surface area contributed by atoms with E-state index in [-0.39, 0.29) is 30.1 Å². The van der Waals surface area contributed by atoms with E-state index in [2.05, 4.69) is 10.6 Å². The van der Waals surface area contributed by atoms with Crippen LogP contribution >= 0.6 is 0 Å². The molecule has 1 aromatic carbocycles. The molecule has 0 saturated carbocycles. The molecule has 1 aromatic rings. The summed E-state index contributed by atoms with van der Waals surface area (Å²) in [5.74, 6) is -0.831. The van der Waals surface area contributed by atoms with Crippen molar-refractivity contribution < 1.29 is 14.5 Å². The van der Waals surface area contributed by atoms with Crippen molar-refractivity contribution in [3.05, 3.63) is 39.9 Å². The van der Waals surface area contributed by atoms with Gasteiger partial charge >= 0.3 is 0 Å². The minimum absolute atomic E-state index is 0.104. The molecule has 8 heteroatoms. The van der Waals surface area contributed by atoms with Crippen molar-refractivity contribution in [1.29, 1.82) is 0 Å². The Hall–Kier alpha value is -2.48. The summed E-state index contributed by atoms with van der Waals surface area (Å²) >= 11 is 0. The van der Waals surface area contributed by atoms with E-state index in [4.69, 9.17) is 5.73 Å². The van der Waals surface area contributed by atoms with Gasteiger partial charge in [0.2, 0.25) is 11.8 Å². The Labute approximate surface area is 115 Å². The zero-order chi connectivity index (χ0) is 15.1. The van der Waals surface area contributed by atoms with Crippen molar-refractivity contribution in [1.82, 2.24) is 10.6 Å². The Bertz CT molecular complexity index is 500. The van der Waals surface area contributed by atoms with Crippen LogP contribution in [0.25, 0.3) is 0 Å². The number of nitrogens with zero attached hydrogens (tertiary/aromatic N) is 1. The molecule has 0 aliphatic heterocycles. The zero-order valence-electron chi connectivity index (χ0n) is 11.0. The predicted molar refractivity (Wildman–Crippen MR) is 71.7 cm³/mol. The quantitative estimate of drug-likeness (QED) is 0.493. The molecule has 1 rings (SSSR count). The number of nitrogens with two attached hydrogens (primary N) is 1. The first-order valence-corrected chi connectivity index (χ1v) is 5.93. The van der Waals surface area contributed by atoms with Crippen LogP contribution < -0.4 is 16.4 Å². The molecule has 0 radical (unpaired) electrons. The number of hydrogen-bond acceptors (Lipinski definition) is 5. The molecular weight excluding hydrogens is 264 g/mol. The summed E-state index contributed by atoms with van der Waals surface area (Å²) in [4.78, 5) is 33.3. The van der Waals surface area contributed by atoms with Gasteiger partial charge in [0.15, 0.2) is 0 Å². The molecule has 0 aliphatic carbocycles. The second-order valence-electron chi connectivity index (χ2n) is 4.02. The third-order valence-electron chi connectivity index (χ3n) is 2.70. The fourth-order valence-electron chi connectivity index (χ4n) is 1.73. The number of rotatable bonds is 6. The topological polar surface area (TPSA) is 127 Å². The average Bonchev–Trinajstić information content (AvgIpc) is 2.46. The Morgan fingerprint density at radius 2 is 2.00 bits per heavy atom. The molecule has 0 heterocycles. The molecule has 0 spiro atoms. The molecule has 0 fully saturated rings. The van der Waals surface area contributed by atoms with Gasteiger partial charge in [-0.1, -0.05) is 18.2 Å². The summed E-state index contributed by atoms with van der Waals surface area (Å²) in [5.41, 5.74) is 5.33. The molecule has 0 saturated heterocycles. The van der Waals surface area contributed by atoms with E-state index >= 15 is 0 Å². The fourth-order valence-corrected chi connectivity index (χ4v) is 1.73. The summed E-state index contributed by atoms with van der Waals surface area (Å²) < 4.78 is 0. The van der Waals surface area contributed by atoms with Crippen LogP contribution in [0, 0.1) is 10.1 Å². The molecule has 20 heavy (non-hydrogen) atoms. The van der Waals surface area contributed by atoms with E-state index in [1.54, 1.807) is 6.07 Å². The first-order chi connectivity index (χ1) is 9.49. The van der Waals surface area contributed by atoms with Crippen LogP contribution in [0.2, 0.25) is 0 Å². The van der Waals surface area contributed by atoms with E-state index in [1.165, 1.54) is 25.2 Å². The molecule has 0 aromatic heterocycles. The minimum atomic E-state index is -0.799. The Morgan fingerprint density at radius 1 is 1.35 bits per heavy atom. The van der Waals surface area contributed by atoms with Gasteiger partial charge in [0.1, 0.15) is 0 Å². The van der Waals surface area contributed by atoms with E-state index in [0.29, 0.717) is 0 Å². The van der Waals surface area contributed by atoms with Gasteiger partial charge in [0.05, 0.1) is 29.5 Å². The van der Waals surface area contributed by atoms with Crippen LogP contribution in [0.3, 0.4) is 0 Å². The molecule has 4 N–H and O–H groups in total. The third-order valence-corrected chi connectivity index (χ3v) is 2.70. The van der Waals surface area contributed by atoms with Crippen molar-refractivity contribution >= 4 is 17.5 Å². The molecule has 8 nitrogen and oxygen atoms in total. The van der Waals surface area contributed by atoms with Gasteiger partial charge < -0.3 is 16.4 Å². The van der Waals surface area contributed by atoms with Gasteiger partial charge in [-0.2, -0.15) is 0 Å². The molecular formula is C12H16N4O4. The van der Waals surface area contributed by atoms with Crippen molar-refractivity contribution in [3.63, 3.8) is 0 Å². The van der Waals surface area contributed by atoms with Gasteiger partial charge in [-0.25, -0.2) is 0 Å². The number of nitro benzene ring substituents is 1. The predicted octanol–water partition coefficient (Wildman–Crippen LogP) is -0.153. The third kappa shape index (κ3) is 4.02. The van der Waals surface area contributed by atoms with Gasteiger partial charge in [-0.15, -0.1) is 0 Å². The minimum Gasteiger partial charge on any atom is -0.359 e. The zero-order valence-corrected chi connectivity index (χ0v) is 11.0. The Balaban J connectivity index is 3.12. The monoisotopic (exact) mass is 280 g/mol. The van der Waals surface area contributed by atoms with E-state index in [9.17, 15) is 19.7 Å². The number of amides is 2. The molecule has 2 amide bonds. The number of para-hydroxylation sites is 1. The van der Waals surface area contributed by atoms with Gasteiger partial charge in [-0.05, 0) is 0 Å². The van der Waals surface area contributed by atoms with E-state index < -0.39 is 16.9 Å². The second-order valence-corrected chi connectivity index (χ2v) is 4.02. The van der Waals surface area contributed by atoms with Crippen LogP contribution in [0.4, 0.5) is 5.69 Å². The van der Waals surface area contributed by atoms with Crippen LogP contribution in [-0.2, 0) is 9.59 Å². The lowest BCUT2D eigenvalue weighted by molar-refractivity contribution is -0.385. The standard InChI is InChI=1S/C12H16N4O4/c1-14-11(17)6-9(15-12(18)7-13)8-4-2-3-5-10(8)16(19)20/h2-5,9H,6-7,13H2,1H3,(H,14,17)(H,15,18). The van der Waals surface area contributed by atoms with Crippen molar-refractivity contribution in [2.75, 3.05) is 13.6 Å². The number of nitrogens with one attached hydrogen (secondary N) is 2. The summed E-state index contributed by atoms with van der Waals surface area (Å²) in [6.45, 7) is -0.259. The number of carbonyl (C=O) groups is 2. The summed E-state index contributed by atoms with van der Waals surface area (Å²) in [6.07, 6.45) is -0.104. The second kappa shape index (κ2) is 7.19. The Morgan fingerprint density at radius 3 is 2.55 bits per heavy atom. The number of nitro groups is 1. The van der Waals surface area contributed by atoms with Crippen LogP contribution in [-0.4, -0.2) is 30.3 Å². The van der Waals surface area contributed by atoms with Gasteiger partial charge in [0.25, 0.3) is 5.69 Å². The van der Waals surface area contributed by atoms with Crippen LogP contribution in [0.15, 0.2) is 24.3 Å². The maximum atomic E-state index is 11.5. The lowest BCUT2D eigenvalue weighted by Crippen LogP contribution is -2.36. The highest BCUT2D eigenvalue weighted by molar-refractivity contribution is 5.81. The van der Waals surface area contributed by atoms with Crippen molar-refractivity contribution in [3.8, 4) is 0 Å². The summed E-state index contributed by atoms with van der Waals surface area (Å²) in [7, 11) is 1.45.